The Hall–Kier alpha value is -2.50. The van der Waals surface area contributed by atoms with Gasteiger partial charge in [-0.2, -0.15) is 0 Å². The van der Waals surface area contributed by atoms with Crippen LogP contribution in [0.2, 0.25) is 0 Å². The van der Waals surface area contributed by atoms with E-state index in [1.807, 2.05) is 31.5 Å². The van der Waals surface area contributed by atoms with Crippen molar-refractivity contribution < 1.29 is 9.59 Å². The van der Waals surface area contributed by atoms with E-state index in [2.05, 4.69) is 15.3 Å². The number of carbonyl (C=O) groups excluding carboxylic acids is 2. The van der Waals surface area contributed by atoms with Crippen LogP contribution in [0.4, 0.5) is 5.69 Å². The minimum atomic E-state index is -0.240. The molecule has 6 nitrogen and oxygen atoms in total. The van der Waals surface area contributed by atoms with Crippen molar-refractivity contribution in [2.24, 2.45) is 5.92 Å². The molecule has 1 N–H and O–H groups in total. The second-order valence-electron chi connectivity index (χ2n) is 5.41. The maximum atomic E-state index is 12.2. The van der Waals surface area contributed by atoms with Crippen LogP contribution in [-0.4, -0.2) is 26.2 Å². The van der Waals surface area contributed by atoms with Gasteiger partial charge in [-0.25, -0.2) is 4.98 Å². The van der Waals surface area contributed by atoms with Crippen molar-refractivity contribution in [1.82, 2.24) is 14.5 Å². The van der Waals surface area contributed by atoms with E-state index in [0.717, 1.165) is 17.8 Å². The molecule has 0 bridgehead atoms. The summed E-state index contributed by atoms with van der Waals surface area (Å²) in [6, 6.07) is 1.74. The number of nitrogens with zero attached hydrogens (tertiary/aromatic N) is 3. The second-order valence-corrected chi connectivity index (χ2v) is 5.41. The van der Waals surface area contributed by atoms with Crippen molar-refractivity contribution in [3.63, 3.8) is 0 Å². The lowest BCUT2D eigenvalue weighted by Crippen LogP contribution is -2.16. The molecule has 0 fully saturated rings. The van der Waals surface area contributed by atoms with E-state index >= 15 is 0 Å². The number of nitrogens with one attached hydrogen (secondary N) is 1. The van der Waals surface area contributed by atoms with Gasteiger partial charge in [0.1, 0.15) is 5.69 Å². The number of hydrogen-bond acceptors (Lipinski definition) is 4. The summed E-state index contributed by atoms with van der Waals surface area (Å²) in [7, 11) is 0. The van der Waals surface area contributed by atoms with Gasteiger partial charge in [0.2, 0.25) is 5.91 Å². The number of aryl methyl sites for hydroxylation is 1. The highest BCUT2D eigenvalue weighted by Gasteiger charge is 2.18. The van der Waals surface area contributed by atoms with Crippen LogP contribution in [0.3, 0.4) is 0 Å². The summed E-state index contributed by atoms with van der Waals surface area (Å²) in [5.74, 6) is -0.532. The Morgan fingerprint density at radius 1 is 1.25 bits per heavy atom. The predicted octanol–water partition coefficient (Wildman–Crippen LogP) is 3.79. The maximum Gasteiger partial charge on any atom is 0.221 e. The molecule has 0 aliphatic heterocycles. The number of pyridine rings is 1. The quantitative estimate of drug-likeness (QED) is 0.846. The molecule has 2 rings (SSSR count). The molecule has 2 aromatic rings. The van der Waals surface area contributed by atoms with Gasteiger partial charge in [-0.1, -0.05) is 27.7 Å². The van der Waals surface area contributed by atoms with Gasteiger partial charge in [0.15, 0.2) is 5.78 Å². The van der Waals surface area contributed by atoms with Gasteiger partial charge in [0.05, 0.1) is 17.7 Å². The molecule has 6 heteroatoms. The molecule has 0 saturated carbocycles. The third-order valence-electron chi connectivity index (χ3n) is 3.25. The fraction of sp³-hybridized carbons (Fsp3) is 0.444. The van der Waals surface area contributed by atoms with Crippen LogP contribution >= 0.6 is 0 Å². The molecule has 0 radical (unpaired) electrons. The normalized spacial score (nSPS) is 10.1. The molecular weight excluding hydrogens is 304 g/mol. The van der Waals surface area contributed by atoms with E-state index in [4.69, 9.17) is 0 Å². The van der Waals surface area contributed by atoms with Crippen molar-refractivity contribution in [2.45, 2.75) is 48.1 Å². The molecule has 0 saturated heterocycles. The van der Waals surface area contributed by atoms with Crippen LogP contribution in [0, 0.1) is 5.92 Å². The average molecular weight is 330 g/mol. The summed E-state index contributed by atoms with van der Waals surface area (Å²) in [6.07, 6.45) is 5.25. The second kappa shape index (κ2) is 8.96. The van der Waals surface area contributed by atoms with Crippen LogP contribution in [0.1, 0.15) is 52.0 Å². The summed E-state index contributed by atoms with van der Waals surface area (Å²) >= 11 is 0. The molecule has 0 atom stereocenters. The third kappa shape index (κ3) is 4.75. The van der Waals surface area contributed by atoms with E-state index in [9.17, 15) is 9.59 Å². The van der Waals surface area contributed by atoms with Crippen LogP contribution in [0.25, 0.3) is 11.3 Å². The Bertz CT molecular complexity index is 705. The molecule has 130 valence electrons. The number of ketones is 1. The Morgan fingerprint density at radius 2 is 1.92 bits per heavy atom. The SMILES string of the molecule is CC.CCn1cnc(-c2cnc(C(=O)C(C)C)c(NC(C)=O)c2)c1. The maximum absolute atomic E-state index is 12.2. The zero-order valence-corrected chi connectivity index (χ0v) is 15.3. The molecular formula is C18H26N4O2. The zero-order chi connectivity index (χ0) is 18.3. The first-order chi connectivity index (χ1) is 11.4. The topological polar surface area (TPSA) is 76.9 Å². The van der Waals surface area contributed by atoms with Crippen LogP contribution in [0.15, 0.2) is 24.8 Å². The molecule has 24 heavy (non-hydrogen) atoms. The van der Waals surface area contributed by atoms with Gasteiger partial charge in [0, 0.05) is 37.3 Å². The number of rotatable bonds is 5. The number of amides is 1. The largest absolute Gasteiger partial charge is 0.337 e. The highest BCUT2D eigenvalue weighted by atomic mass is 16.1. The Morgan fingerprint density at radius 3 is 2.42 bits per heavy atom. The molecule has 2 heterocycles. The summed E-state index contributed by atoms with van der Waals surface area (Å²) in [5, 5.41) is 2.68. The minimum Gasteiger partial charge on any atom is -0.337 e. The molecule has 2 aromatic heterocycles. The van der Waals surface area contributed by atoms with Crippen molar-refractivity contribution in [2.75, 3.05) is 5.32 Å². The van der Waals surface area contributed by atoms with E-state index in [0.29, 0.717) is 5.69 Å². The number of aromatic nitrogens is 3. The van der Waals surface area contributed by atoms with E-state index in [-0.39, 0.29) is 23.3 Å². The Labute approximate surface area is 143 Å². The van der Waals surface area contributed by atoms with Gasteiger partial charge >= 0.3 is 0 Å². The highest BCUT2D eigenvalue weighted by Crippen LogP contribution is 2.24. The zero-order valence-electron chi connectivity index (χ0n) is 15.3. The average Bonchev–Trinajstić information content (AvgIpc) is 3.04. The van der Waals surface area contributed by atoms with E-state index in [1.54, 1.807) is 32.4 Å². The minimum absolute atomic E-state index is 0.102. The standard InChI is InChI=1S/C16H20N4O2.C2H6/c1-5-20-8-14(18-9-20)12-6-13(19-11(4)21)15(17-7-12)16(22)10(2)3;1-2/h6-10H,5H2,1-4H3,(H,19,21);1-2H3. The van der Waals surface area contributed by atoms with Crippen molar-refractivity contribution >= 4 is 17.4 Å². The number of carbonyl (C=O) groups is 2. The summed E-state index contributed by atoms with van der Waals surface area (Å²) in [6.45, 7) is 11.9. The fourth-order valence-electron chi connectivity index (χ4n) is 2.04. The first-order valence-electron chi connectivity index (χ1n) is 8.26. The van der Waals surface area contributed by atoms with Gasteiger partial charge in [-0.15, -0.1) is 0 Å². The van der Waals surface area contributed by atoms with Crippen LogP contribution < -0.4 is 5.32 Å². The first kappa shape index (κ1) is 19.5. The number of imidazole rings is 1. The molecule has 0 unspecified atom stereocenters. The monoisotopic (exact) mass is 330 g/mol. The lowest BCUT2D eigenvalue weighted by atomic mass is 10.0. The summed E-state index contributed by atoms with van der Waals surface area (Å²) < 4.78 is 1.95. The lowest BCUT2D eigenvalue weighted by molar-refractivity contribution is -0.114. The lowest BCUT2D eigenvalue weighted by Gasteiger charge is -2.11. The van der Waals surface area contributed by atoms with Gasteiger partial charge in [-0.3, -0.25) is 14.6 Å². The molecule has 0 spiro atoms. The molecule has 0 aliphatic carbocycles. The Kier molecular flexibility index (Phi) is 7.30. The smallest absolute Gasteiger partial charge is 0.221 e. The van der Waals surface area contributed by atoms with Gasteiger partial charge in [-0.05, 0) is 13.0 Å². The van der Waals surface area contributed by atoms with Crippen molar-refractivity contribution in [3.05, 3.63) is 30.5 Å². The van der Waals surface area contributed by atoms with Crippen LogP contribution in [0.5, 0.6) is 0 Å². The van der Waals surface area contributed by atoms with Crippen molar-refractivity contribution in [1.29, 1.82) is 0 Å². The summed E-state index contributed by atoms with van der Waals surface area (Å²) in [5.41, 5.74) is 2.22. The van der Waals surface area contributed by atoms with E-state index in [1.165, 1.54) is 6.92 Å². The molecule has 0 aromatic carbocycles. The number of Topliss-reactive ketones (excluding diaryl/α,β-unsaturated/α-hetero) is 1. The van der Waals surface area contributed by atoms with Crippen molar-refractivity contribution in [3.8, 4) is 11.3 Å². The first-order valence-corrected chi connectivity index (χ1v) is 8.26. The number of hydrogen-bond donors (Lipinski definition) is 1. The fourth-order valence-corrected chi connectivity index (χ4v) is 2.04. The number of anilines is 1. The van der Waals surface area contributed by atoms with Gasteiger partial charge < -0.3 is 9.88 Å². The van der Waals surface area contributed by atoms with Crippen LogP contribution in [-0.2, 0) is 11.3 Å². The Balaban J connectivity index is 0.00000139. The molecule has 1 amide bonds. The van der Waals surface area contributed by atoms with Gasteiger partial charge in [0.25, 0.3) is 0 Å². The van der Waals surface area contributed by atoms with E-state index < -0.39 is 0 Å². The summed E-state index contributed by atoms with van der Waals surface area (Å²) in [4.78, 5) is 32.2. The third-order valence-corrected chi connectivity index (χ3v) is 3.25. The molecule has 0 aliphatic rings. The predicted molar refractivity (Wildman–Crippen MR) is 96.0 cm³/mol. The highest BCUT2D eigenvalue weighted by molar-refractivity contribution is 6.04.